The average Bonchev–Trinajstić information content (AvgIpc) is 2.28. The molecule has 1 aromatic carbocycles. The highest BCUT2D eigenvalue weighted by Crippen LogP contribution is 2.24. The fourth-order valence-corrected chi connectivity index (χ4v) is 3.13. The molecule has 0 saturated heterocycles. The summed E-state index contributed by atoms with van der Waals surface area (Å²) in [7, 11) is -0.0953. The van der Waals surface area contributed by atoms with Crippen molar-refractivity contribution in [1.29, 1.82) is 0 Å². The molecule has 1 rings (SSSR count). The molecule has 16 heavy (non-hydrogen) atoms. The van der Waals surface area contributed by atoms with Crippen molar-refractivity contribution in [2.75, 3.05) is 19.9 Å². The summed E-state index contributed by atoms with van der Waals surface area (Å²) in [6.07, 6.45) is 0. The van der Waals surface area contributed by atoms with Gasteiger partial charge in [0.05, 0.1) is 12.9 Å². The molecule has 0 bridgehead atoms. The Hall–Kier alpha value is -1.07. The van der Waals surface area contributed by atoms with Gasteiger partial charge in [-0.2, -0.15) is 0 Å². The zero-order valence-electron chi connectivity index (χ0n) is 9.73. The number of ether oxygens (including phenoxy) is 1. The van der Waals surface area contributed by atoms with Crippen LogP contribution in [0.3, 0.4) is 0 Å². The first-order valence-corrected chi connectivity index (χ1v) is 6.69. The van der Waals surface area contributed by atoms with Crippen LogP contribution in [0.15, 0.2) is 29.2 Å². The van der Waals surface area contributed by atoms with Crippen LogP contribution in [0.5, 0.6) is 5.75 Å². The Bertz CT molecular complexity index is 442. The summed E-state index contributed by atoms with van der Waals surface area (Å²) in [5, 5.41) is 2.91. The van der Waals surface area contributed by atoms with Crippen LogP contribution in [-0.4, -0.2) is 34.4 Å². The molecule has 0 spiro atoms. The smallest absolute Gasteiger partial charge is 0.183 e. The first kappa shape index (κ1) is 13.0. The van der Waals surface area contributed by atoms with Gasteiger partial charge >= 0.3 is 0 Å². The van der Waals surface area contributed by atoms with E-state index in [0.717, 1.165) is 0 Å². The molecular weight excluding hydrogens is 226 g/mol. The molecule has 0 aliphatic heterocycles. The number of benzene rings is 1. The summed E-state index contributed by atoms with van der Waals surface area (Å²) < 4.78 is 29.2. The van der Waals surface area contributed by atoms with Gasteiger partial charge < -0.3 is 10.1 Å². The maximum atomic E-state index is 12.1. The predicted molar refractivity (Wildman–Crippen MR) is 63.6 cm³/mol. The highest BCUT2D eigenvalue weighted by Gasteiger charge is 2.21. The summed E-state index contributed by atoms with van der Waals surface area (Å²) in [5.74, 6) is 0.454. The van der Waals surface area contributed by atoms with Crippen molar-refractivity contribution in [3.05, 3.63) is 24.3 Å². The van der Waals surface area contributed by atoms with Crippen LogP contribution < -0.4 is 10.1 Å². The molecule has 0 aliphatic rings. The van der Waals surface area contributed by atoms with Gasteiger partial charge in [0.25, 0.3) is 0 Å². The number of hydrogen-bond donors (Lipinski definition) is 1. The largest absolute Gasteiger partial charge is 0.495 e. The molecular formula is C11H17NO3S. The molecule has 0 radical (unpaired) electrons. The van der Waals surface area contributed by atoms with E-state index in [9.17, 15) is 8.42 Å². The van der Waals surface area contributed by atoms with E-state index in [1.165, 1.54) is 7.11 Å². The van der Waals surface area contributed by atoms with Gasteiger partial charge in [-0.1, -0.05) is 12.1 Å². The van der Waals surface area contributed by atoms with Crippen molar-refractivity contribution < 1.29 is 13.2 Å². The monoisotopic (exact) mass is 243 g/mol. The fraction of sp³-hybridized carbons (Fsp3) is 0.455. The van der Waals surface area contributed by atoms with E-state index in [2.05, 4.69) is 5.32 Å². The molecule has 0 fully saturated rings. The van der Waals surface area contributed by atoms with Gasteiger partial charge in [-0.25, -0.2) is 8.42 Å². The Morgan fingerprint density at radius 3 is 2.56 bits per heavy atom. The second-order valence-electron chi connectivity index (χ2n) is 3.62. The highest BCUT2D eigenvalue weighted by atomic mass is 32.2. The molecule has 0 amide bonds. The minimum absolute atomic E-state index is 0.0594. The molecule has 1 N–H and O–H groups in total. The summed E-state index contributed by atoms with van der Waals surface area (Å²) in [6, 6.07) is 6.57. The van der Waals surface area contributed by atoms with E-state index >= 15 is 0 Å². The molecule has 5 heteroatoms. The summed E-state index contributed by atoms with van der Waals surface area (Å²) in [5.41, 5.74) is 0. The Labute approximate surface area is 96.5 Å². The topological polar surface area (TPSA) is 55.4 Å². The zero-order valence-corrected chi connectivity index (χ0v) is 10.5. The number of nitrogens with one attached hydrogen (secondary N) is 1. The van der Waals surface area contributed by atoms with Gasteiger partial charge in [-0.15, -0.1) is 0 Å². The Morgan fingerprint density at radius 1 is 1.38 bits per heavy atom. The van der Waals surface area contributed by atoms with Crippen molar-refractivity contribution in [3.8, 4) is 5.75 Å². The van der Waals surface area contributed by atoms with E-state index < -0.39 is 9.84 Å². The van der Waals surface area contributed by atoms with Crippen LogP contribution in [0.4, 0.5) is 0 Å². The van der Waals surface area contributed by atoms with Crippen LogP contribution in [0.25, 0.3) is 0 Å². The molecule has 0 heterocycles. The van der Waals surface area contributed by atoms with Crippen LogP contribution in [0.1, 0.15) is 6.92 Å². The van der Waals surface area contributed by atoms with E-state index in [1.54, 1.807) is 31.3 Å². The van der Waals surface area contributed by atoms with E-state index in [0.29, 0.717) is 5.75 Å². The third-order valence-corrected chi connectivity index (χ3v) is 4.31. The number of hydrogen-bond acceptors (Lipinski definition) is 4. The molecule has 90 valence electrons. The van der Waals surface area contributed by atoms with Gasteiger partial charge in [0.2, 0.25) is 0 Å². The maximum absolute atomic E-state index is 12.1. The van der Waals surface area contributed by atoms with Crippen molar-refractivity contribution in [1.82, 2.24) is 5.32 Å². The Morgan fingerprint density at radius 2 is 2.00 bits per heavy atom. The average molecular weight is 243 g/mol. The Kier molecular flexibility index (Phi) is 4.32. The van der Waals surface area contributed by atoms with Crippen molar-refractivity contribution in [3.63, 3.8) is 0 Å². The zero-order chi connectivity index (χ0) is 12.2. The minimum Gasteiger partial charge on any atom is -0.495 e. The third-order valence-electron chi connectivity index (χ3n) is 2.37. The molecule has 1 unspecified atom stereocenters. The van der Waals surface area contributed by atoms with E-state index in [4.69, 9.17) is 4.74 Å². The number of rotatable bonds is 5. The van der Waals surface area contributed by atoms with Gasteiger partial charge in [-0.3, -0.25) is 0 Å². The quantitative estimate of drug-likeness (QED) is 0.840. The van der Waals surface area contributed by atoms with Gasteiger partial charge in [-0.05, 0) is 26.1 Å². The summed E-state index contributed by atoms with van der Waals surface area (Å²) in [6.45, 7) is 1.83. The normalized spacial score (nSPS) is 13.4. The molecule has 0 saturated carbocycles. The summed E-state index contributed by atoms with van der Waals surface area (Å²) in [4.78, 5) is 0.250. The fourth-order valence-electron chi connectivity index (χ4n) is 1.38. The Balaban J connectivity index is 3.07. The first-order valence-electron chi connectivity index (χ1n) is 5.04. The lowest BCUT2D eigenvalue weighted by atomic mass is 10.3. The lowest BCUT2D eigenvalue weighted by Crippen LogP contribution is -2.30. The molecule has 1 atom stereocenters. The number of methoxy groups -OCH3 is 1. The van der Waals surface area contributed by atoms with Crippen molar-refractivity contribution in [2.45, 2.75) is 17.9 Å². The van der Waals surface area contributed by atoms with Crippen LogP contribution >= 0.6 is 0 Å². The van der Waals surface area contributed by atoms with Gasteiger partial charge in [0, 0.05) is 6.04 Å². The maximum Gasteiger partial charge on any atom is 0.183 e. The molecule has 1 aromatic rings. The van der Waals surface area contributed by atoms with Gasteiger partial charge in [0.15, 0.2) is 9.84 Å². The van der Waals surface area contributed by atoms with E-state index in [1.807, 2.05) is 6.92 Å². The lowest BCUT2D eigenvalue weighted by Gasteiger charge is -2.13. The number of sulfone groups is 1. The van der Waals surface area contributed by atoms with Crippen molar-refractivity contribution in [2.24, 2.45) is 0 Å². The highest BCUT2D eigenvalue weighted by molar-refractivity contribution is 7.91. The molecule has 0 aliphatic carbocycles. The third kappa shape index (κ3) is 2.96. The predicted octanol–water partition coefficient (Wildman–Crippen LogP) is 1.08. The minimum atomic E-state index is -3.30. The van der Waals surface area contributed by atoms with Crippen LogP contribution in [-0.2, 0) is 9.84 Å². The lowest BCUT2D eigenvalue weighted by molar-refractivity contribution is 0.402. The van der Waals surface area contributed by atoms with Gasteiger partial charge in [0.1, 0.15) is 10.6 Å². The second kappa shape index (κ2) is 5.32. The standard InChI is InChI=1S/C11H17NO3S/c1-9(12-2)8-16(13,14)11-7-5-4-6-10(11)15-3/h4-7,9,12H,8H2,1-3H3. The first-order chi connectivity index (χ1) is 7.51. The SMILES string of the molecule is CNC(C)CS(=O)(=O)c1ccccc1OC. The van der Waals surface area contributed by atoms with Crippen molar-refractivity contribution >= 4 is 9.84 Å². The molecule has 0 aromatic heterocycles. The molecule has 4 nitrogen and oxygen atoms in total. The second-order valence-corrected chi connectivity index (χ2v) is 5.62. The van der Waals surface area contributed by atoms with Crippen LogP contribution in [0.2, 0.25) is 0 Å². The summed E-state index contributed by atoms with van der Waals surface area (Å²) >= 11 is 0. The van der Waals surface area contributed by atoms with E-state index in [-0.39, 0.29) is 16.7 Å². The number of para-hydroxylation sites is 1. The van der Waals surface area contributed by atoms with Crippen LogP contribution in [0, 0.1) is 0 Å².